The van der Waals surface area contributed by atoms with Gasteiger partial charge in [-0.15, -0.1) is 0 Å². The molecule has 0 N–H and O–H groups in total. The summed E-state index contributed by atoms with van der Waals surface area (Å²) in [5.41, 5.74) is 0.850. The first-order valence-electron chi connectivity index (χ1n) is 6.63. The summed E-state index contributed by atoms with van der Waals surface area (Å²) in [6.07, 6.45) is 4.29. The highest BCUT2D eigenvalue weighted by Crippen LogP contribution is 2.49. The molecule has 1 aromatic heterocycles. The topological polar surface area (TPSA) is 97.6 Å². The van der Waals surface area contributed by atoms with Gasteiger partial charge in [-0.1, -0.05) is 0 Å². The van der Waals surface area contributed by atoms with Gasteiger partial charge < -0.3 is 0 Å². The van der Waals surface area contributed by atoms with Gasteiger partial charge in [0.15, 0.2) is 5.82 Å². The summed E-state index contributed by atoms with van der Waals surface area (Å²) in [6, 6.07) is 8.38. The molecule has 1 saturated carbocycles. The summed E-state index contributed by atoms with van der Waals surface area (Å²) in [6.45, 7) is 0.695. The minimum absolute atomic E-state index is 0.0455. The van der Waals surface area contributed by atoms with Gasteiger partial charge in [-0.3, -0.25) is 14.8 Å². The zero-order valence-electron chi connectivity index (χ0n) is 11.3. The smallest absolute Gasteiger partial charge is 0.258 e. The number of non-ortho nitro benzene ring substituents is 1. The van der Waals surface area contributed by atoms with E-state index < -0.39 is 4.92 Å². The average Bonchev–Trinajstić information content (AvgIpc) is 3.06. The van der Waals surface area contributed by atoms with Crippen LogP contribution in [0.2, 0.25) is 0 Å². The van der Waals surface area contributed by atoms with Crippen LogP contribution < -0.4 is 0 Å². The molecule has 1 fully saturated rings. The molecule has 1 aromatic carbocycles. The molecule has 0 amide bonds. The summed E-state index contributed by atoms with van der Waals surface area (Å²) in [4.78, 5) is 14.4. The highest BCUT2D eigenvalue weighted by molar-refractivity contribution is 5.56. The molecule has 1 aliphatic carbocycles. The zero-order valence-corrected chi connectivity index (χ0v) is 11.3. The van der Waals surface area contributed by atoms with Crippen LogP contribution in [0.1, 0.15) is 19.3 Å². The molecule has 0 unspecified atom stereocenters. The van der Waals surface area contributed by atoms with E-state index in [1.54, 1.807) is 23.1 Å². The largest absolute Gasteiger partial charge is 0.269 e. The molecular formula is C14H13N5O2. The molecule has 2 aromatic rings. The van der Waals surface area contributed by atoms with Crippen molar-refractivity contribution in [1.29, 1.82) is 5.26 Å². The highest BCUT2D eigenvalue weighted by Gasteiger charge is 2.43. The molecule has 21 heavy (non-hydrogen) atoms. The number of nitrogens with zero attached hydrogens (tertiary/aromatic N) is 5. The molecule has 0 saturated heterocycles. The molecule has 7 nitrogen and oxygen atoms in total. The standard InChI is InChI=1S/C14H13N5O2/c15-8-7-14(5-6-14)9-18-10-16-13(17-18)11-1-3-12(4-2-11)19(20)21/h1-4,10H,5-7,9H2. The van der Waals surface area contributed by atoms with E-state index in [1.165, 1.54) is 12.1 Å². The Morgan fingerprint density at radius 1 is 1.38 bits per heavy atom. The van der Waals surface area contributed by atoms with E-state index in [2.05, 4.69) is 16.2 Å². The number of benzene rings is 1. The van der Waals surface area contributed by atoms with Crippen LogP contribution >= 0.6 is 0 Å². The lowest BCUT2D eigenvalue weighted by molar-refractivity contribution is -0.384. The van der Waals surface area contributed by atoms with Crippen molar-refractivity contribution < 1.29 is 4.92 Å². The van der Waals surface area contributed by atoms with E-state index in [0.717, 1.165) is 18.4 Å². The molecule has 1 heterocycles. The third-order valence-corrected chi connectivity index (χ3v) is 3.78. The SMILES string of the molecule is N#CCC1(Cn2cnc(-c3ccc([N+](=O)[O-])cc3)n2)CC1. The first-order valence-corrected chi connectivity index (χ1v) is 6.63. The average molecular weight is 283 g/mol. The van der Waals surface area contributed by atoms with E-state index in [-0.39, 0.29) is 11.1 Å². The fourth-order valence-corrected chi connectivity index (χ4v) is 2.31. The molecule has 0 aliphatic heterocycles. The van der Waals surface area contributed by atoms with Gasteiger partial charge >= 0.3 is 0 Å². The minimum Gasteiger partial charge on any atom is -0.258 e. The van der Waals surface area contributed by atoms with Gasteiger partial charge in [0.05, 0.1) is 11.0 Å². The lowest BCUT2D eigenvalue weighted by atomic mass is 10.0. The summed E-state index contributed by atoms with van der Waals surface area (Å²) in [7, 11) is 0. The zero-order chi connectivity index (χ0) is 14.9. The number of aromatic nitrogens is 3. The van der Waals surface area contributed by atoms with E-state index in [1.807, 2.05) is 0 Å². The Morgan fingerprint density at radius 3 is 2.67 bits per heavy atom. The van der Waals surface area contributed by atoms with Crippen LogP contribution in [0, 0.1) is 26.9 Å². The summed E-state index contributed by atoms with van der Waals surface area (Å²) in [5.74, 6) is 0.539. The molecule has 106 valence electrons. The van der Waals surface area contributed by atoms with Crippen LogP contribution in [-0.4, -0.2) is 19.7 Å². The van der Waals surface area contributed by atoms with Gasteiger partial charge in [-0.05, 0) is 25.0 Å². The Kier molecular flexibility index (Phi) is 3.14. The summed E-state index contributed by atoms with van der Waals surface area (Å²) < 4.78 is 1.75. The molecular weight excluding hydrogens is 270 g/mol. The number of nitro groups is 1. The summed E-state index contributed by atoms with van der Waals surface area (Å²) >= 11 is 0. The van der Waals surface area contributed by atoms with Gasteiger partial charge in [0.2, 0.25) is 0 Å². The van der Waals surface area contributed by atoms with Crippen molar-refractivity contribution in [3.05, 3.63) is 40.7 Å². The fraction of sp³-hybridized carbons (Fsp3) is 0.357. The number of rotatable bonds is 5. The Bertz CT molecular complexity index is 710. The maximum Gasteiger partial charge on any atom is 0.269 e. The number of nitro benzene ring substituents is 1. The summed E-state index contributed by atoms with van der Waals surface area (Å²) in [5, 5.41) is 23.8. The fourth-order valence-electron chi connectivity index (χ4n) is 2.31. The van der Waals surface area contributed by atoms with Gasteiger partial charge in [-0.2, -0.15) is 10.4 Å². The molecule has 3 rings (SSSR count). The van der Waals surface area contributed by atoms with Crippen molar-refractivity contribution >= 4 is 5.69 Å². The van der Waals surface area contributed by atoms with Crippen LogP contribution in [0.5, 0.6) is 0 Å². The van der Waals surface area contributed by atoms with E-state index in [9.17, 15) is 10.1 Å². The predicted molar refractivity (Wildman–Crippen MR) is 74.0 cm³/mol. The number of nitriles is 1. The van der Waals surface area contributed by atoms with E-state index in [0.29, 0.717) is 18.8 Å². The lowest BCUT2D eigenvalue weighted by Gasteiger charge is -2.09. The van der Waals surface area contributed by atoms with Gasteiger partial charge in [0.1, 0.15) is 6.33 Å². The second-order valence-corrected chi connectivity index (χ2v) is 5.40. The molecule has 0 spiro atoms. The number of hydrogen-bond acceptors (Lipinski definition) is 5. The van der Waals surface area contributed by atoms with Crippen molar-refractivity contribution in [3.8, 4) is 17.5 Å². The quantitative estimate of drug-likeness (QED) is 0.620. The van der Waals surface area contributed by atoms with Gasteiger partial charge in [-0.25, -0.2) is 4.98 Å². The van der Waals surface area contributed by atoms with E-state index in [4.69, 9.17) is 5.26 Å². The Balaban J connectivity index is 1.76. The minimum atomic E-state index is -0.436. The Morgan fingerprint density at radius 2 is 2.10 bits per heavy atom. The van der Waals surface area contributed by atoms with Crippen molar-refractivity contribution in [2.75, 3.05) is 0 Å². The Labute approximate surface area is 121 Å². The Hall–Kier alpha value is -2.75. The first-order chi connectivity index (χ1) is 10.1. The maximum absolute atomic E-state index is 10.6. The molecule has 0 radical (unpaired) electrons. The van der Waals surface area contributed by atoms with Crippen LogP contribution in [0.25, 0.3) is 11.4 Å². The monoisotopic (exact) mass is 283 g/mol. The first kappa shape index (κ1) is 13.2. The van der Waals surface area contributed by atoms with Crippen LogP contribution in [0.3, 0.4) is 0 Å². The van der Waals surface area contributed by atoms with Crippen molar-refractivity contribution in [2.45, 2.75) is 25.8 Å². The maximum atomic E-state index is 10.6. The van der Waals surface area contributed by atoms with Crippen molar-refractivity contribution in [2.24, 2.45) is 5.41 Å². The molecule has 0 bridgehead atoms. The van der Waals surface area contributed by atoms with Crippen molar-refractivity contribution in [1.82, 2.24) is 14.8 Å². The van der Waals surface area contributed by atoms with Gasteiger partial charge in [0, 0.05) is 36.1 Å². The second-order valence-electron chi connectivity index (χ2n) is 5.40. The van der Waals surface area contributed by atoms with Crippen LogP contribution in [0.4, 0.5) is 5.69 Å². The van der Waals surface area contributed by atoms with Crippen LogP contribution in [-0.2, 0) is 6.54 Å². The normalized spacial score (nSPS) is 15.4. The third kappa shape index (κ3) is 2.74. The molecule has 0 atom stereocenters. The van der Waals surface area contributed by atoms with Gasteiger partial charge in [0.25, 0.3) is 5.69 Å². The van der Waals surface area contributed by atoms with E-state index >= 15 is 0 Å². The number of hydrogen-bond donors (Lipinski definition) is 0. The second kappa shape index (κ2) is 4.98. The molecule has 7 heteroatoms. The van der Waals surface area contributed by atoms with Crippen molar-refractivity contribution in [3.63, 3.8) is 0 Å². The third-order valence-electron chi connectivity index (χ3n) is 3.78. The lowest BCUT2D eigenvalue weighted by Crippen LogP contribution is -2.11. The van der Waals surface area contributed by atoms with Crippen LogP contribution in [0.15, 0.2) is 30.6 Å². The molecule has 1 aliphatic rings. The predicted octanol–water partition coefficient (Wildman–Crippen LogP) is 2.55. The highest BCUT2D eigenvalue weighted by atomic mass is 16.6.